The van der Waals surface area contributed by atoms with E-state index >= 15 is 0 Å². The standard InChI is InChI=1S/C13H26N2O2/c1-10(2)7-11(8-14)13(16)15-9-12-5-3-4-6-17-12/h10-12H,3-9,14H2,1-2H3,(H,15,16). The third-order valence-corrected chi connectivity index (χ3v) is 3.19. The van der Waals surface area contributed by atoms with E-state index in [9.17, 15) is 4.79 Å². The molecule has 0 saturated carbocycles. The van der Waals surface area contributed by atoms with Crippen molar-refractivity contribution < 1.29 is 9.53 Å². The van der Waals surface area contributed by atoms with Gasteiger partial charge in [-0.15, -0.1) is 0 Å². The molecule has 0 radical (unpaired) electrons. The Kier molecular flexibility index (Phi) is 6.52. The fourth-order valence-corrected chi connectivity index (χ4v) is 2.21. The summed E-state index contributed by atoms with van der Waals surface area (Å²) < 4.78 is 5.58. The molecule has 1 amide bonds. The maximum absolute atomic E-state index is 11.9. The molecule has 100 valence electrons. The van der Waals surface area contributed by atoms with Crippen molar-refractivity contribution in [1.82, 2.24) is 5.32 Å². The highest BCUT2D eigenvalue weighted by atomic mass is 16.5. The van der Waals surface area contributed by atoms with E-state index in [2.05, 4.69) is 19.2 Å². The van der Waals surface area contributed by atoms with Gasteiger partial charge >= 0.3 is 0 Å². The molecule has 1 fully saturated rings. The van der Waals surface area contributed by atoms with Gasteiger partial charge in [0.05, 0.1) is 12.0 Å². The third-order valence-electron chi connectivity index (χ3n) is 3.19. The molecule has 3 N–H and O–H groups in total. The number of ether oxygens (including phenoxy) is 1. The molecule has 0 bridgehead atoms. The fourth-order valence-electron chi connectivity index (χ4n) is 2.21. The Morgan fingerprint density at radius 3 is 2.76 bits per heavy atom. The maximum atomic E-state index is 11.9. The van der Waals surface area contributed by atoms with Crippen molar-refractivity contribution in [3.63, 3.8) is 0 Å². The molecule has 4 heteroatoms. The Balaban J connectivity index is 2.26. The van der Waals surface area contributed by atoms with Crippen molar-refractivity contribution in [2.75, 3.05) is 19.7 Å². The largest absolute Gasteiger partial charge is 0.376 e. The van der Waals surface area contributed by atoms with Gasteiger partial charge in [0.1, 0.15) is 0 Å². The van der Waals surface area contributed by atoms with E-state index in [4.69, 9.17) is 10.5 Å². The van der Waals surface area contributed by atoms with Crippen molar-refractivity contribution in [1.29, 1.82) is 0 Å². The van der Waals surface area contributed by atoms with Crippen LogP contribution in [0.3, 0.4) is 0 Å². The zero-order valence-corrected chi connectivity index (χ0v) is 11.1. The van der Waals surface area contributed by atoms with Gasteiger partial charge in [-0.05, 0) is 31.6 Å². The summed E-state index contributed by atoms with van der Waals surface area (Å²) >= 11 is 0. The van der Waals surface area contributed by atoms with Gasteiger partial charge in [-0.1, -0.05) is 13.8 Å². The first-order valence-electron chi connectivity index (χ1n) is 6.72. The summed E-state index contributed by atoms with van der Waals surface area (Å²) in [5.74, 6) is 0.522. The van der Waals surface area contributed by atoms with Gasteiger partial charge in [-0.3, -0.25) is 4.79 Å². The molecule has 1 heterocycles. The molecule has 0 aromatic carbocycles. The van der Waals surface area contributed by atoms with E-state index in [1.165, 1.54) is 6.42 Å². The number of nitrogens with two attached hydrogens (primary N) is 1. The molecule has 0 aromatic heterocycles. The van der Waals surface area contributed by atoms with Gasteiger partial charge in [0.15, 0.2) is 0 Å². The van der Waals surface area contributed by atoms with Gasteiger partial charge in [0.2, 0.25) is 5.91 Å². The molecular formula is C13H26N2O2. The van der Waals surface area contributed by atoms with Gasteiger partial charge in [0, 0.05) is 19.7 Å². The van der Waals surface area contributed by atoms with Crippen molar-refractivity contribution in [2.45, 2.75) is 45.6 Å². The van der Waals surface area contributed by atoms with Crippen molar-refractivity contribution in [3.8, 4) is 0 Å². The molecule has 0 spiro atoms. The number of nitrogens with one attached hydrogen (secondary N) is 1. The summed E-state index contributed by atoms with van der Waals surface area (Å²) in [5, 5.41) is 2.96. The van der Waals surface area contributed by atoms with E-state index in [1.807, 2.05) is 0 Å². The minimum atomic E-state index is -0.0569. The minimum absolute atomic E-state index is 0.0569. The molecule has 0 aromatic rings. The van der Waals surface area contributed by atoms with Crippen molar-refractivity contribution >= 4 is 5.91 Å². The molecule has 1 rings (SSSR count). The first kappa shape index (κ1) is 14.5. The van der Waals surface area contributed by atoms with Crippen LogP contribution in [0.1, 0.15) is 39.5 Å². The minimum Gasteiger partial charge on any atom is -0.376 e. The molecule has 1 saturated heterocycles. The van der Waals surface area contributed by atoms with Crippen LogP contribution in [0.2, 0.25) is 0 Å². The smallest absolute Gasteiger partial charge is 0.224 e. The van der Waals surface area contributed by atoms with Gasteiger partial charge in [0.25, 0.3) is 0 Å². The number of amides is 1. The molecule has 1 aliphatic rings. The molecule has 17 heavy (non-hydrogen) atoms. The second-order valence-corrected chi connectivity index (χ2v) is 5.30. The van der Waals surface area contributed by atoms with Gasteiger partial charge in [-0.25, -0.2) is 0 Å². The third kappa shape index (κ3) is 5.50. The lowest BCUT2D eigenvalue weighted by Gasteiger charge is -2.24. The van der Waals surface area contributed by atoms with Crippen LogP contribution in [0.5, 0.6) is 0 Å². The van der Waals surface area contributed by atoms with E-state index in [-0.39, 0.29) is 17.9 Å². The summed E-state index contributed by atoms with van der Waals surface area (Å²) in [4.78, 5) is 11.9. The van der Waals surface area contributed by atoms with Crippen LogP contribution in [0.15, 0.2) is 0 Å². The quantitative estimate of drug-likeness (QED) is 0.737. The summed E-state index contributed by atoms with van der Waals surface area (Å²) in [6, 6.07) is 0. The highest BCUT2D eigenvalue weighted by molar-refractivity contribution is 5.78. The van der Waals surface area contributed by atoms with Crippen LogP contribution < -0.4 is 11.1 Å². The summed E-state index contributed by atoms with van der Waals surface area (Å²) in [6.45, 7) is 6.11. The Bertz CT molecular complexity index is 225. The Hall–Kier alpha value is -0.610. The van der Waals surface area contributed by atoms with Crippen molar-refractivity contribution in [2.24, 2.45) is 17.6 Å². The maximum Gasteiger partial charge on any atom is 0.224 e. The molecule has 2 unspecified atom stereocenters. The van der Waals surface area contributed by atoms with E-state index in [0.717, 1.165) is 25.9 Å². The molecule has 4 nitrogen and oxygen atoms in total. The Morgan fingerprint density at radius 1 is 1.47 bits per heavy atom. The average Bonchev–Trinajstić information content (AvgIpc) is 2.34. The number of carbonyl (C=O) groups excluding carboxylic acids is 1. The van der Waals surface area contributed by atoms with Crippen LogP contribution in [0, 0.1) is 11.8 Å². The topological polar surface area (TPSA) is 64.4 Å². The summed E-state index contributed by atoms with van der Waals surface area (Å²) in [6.07, 6.45) is 4.45. The second kappa shape index (κ2) is 7.67. The van der Waals surface area contributed by atoms with Crippen LogP contribution in [0.4, 0.5) is 0 Å². The number of hydrogen-bond acceptors (Lipinski definition) is 3. The Morgan fingerprint density at radius 2 is 2.24 bits per heavy atom. The van der Waals surface area contributed by atoms with Crippen LogP contribution in [0.25, 0.3) is 0 Å². The first-order chi connectivity index (χ1) is 8.13. The lowest BCUT2D eigenvalue weighted by atomic mass is 9.96. The van der Waals surface area contributed by atoms with Gasteiger partial charge in [-0.2, -0.15) is 0 Å². The van der Waals surface area contributed by atoms with E-state index in [1.54, 1.807) is 0 Å². The molecule has 1 aliphatic heterocycles. The predicted molar refractivity (Wildman–Crippen MR) is 68.6 cm³/mol. The normalized spacial score (nSPS) is 22.5. The van der Waals surface area contributed by atoms with Gasteiger partial charge < -0.3 is 15.8 Å². The number of rotatable bonds is 6. The number of hydrogen-bond donors (Lipinski definition) is 2. The summed E-state index contributed by atoms with van der Waals surface area (Å²) in [5.41, 5.74) is 5.64. The number of carbonyl (C=O) groups is 1. The zero-order chi connectivity index (χ0) is 12.7. The van der Waals surface area contributed by atoms with E-state index < -0.39 is 0 Å². The van der Waals surface area contributed by atoms with E-state index in [0.29, 0.717) is 19.0 Å². The van der Waals surface area contributed by atoms with Crippen molar-refractivity contribution in [3.05, 3.63) is 0 Å². The average molecular weight is 242 g/mol. The SMILES string of the molecule is CC(C)CC(CN)C(=O)NCC1CCCCO1. The monoisotopic (exact) mass is 242 g/mol. The van der Waals surface area contributed by atoms with Crippen LogP contribution >= 0.6 is 0 Å². The lowest BCUT2D eigenvalue weighted by Crippen LogP contribution is -2.41. The molecule has 2 atom stereocenters. The van der Waals surface area contributed by atoms with Crippen LogP contribution in [-0.2, 0) is 9.53 Å². The predicted octanol–water partition coefficient (Wildman–Crippen LogP) is 1.29. The lowest BCUT2D eigenvalue weighted by molar-refractivity contribution is -0.126. The molecule has 0 aliphatic carbocycles. The molecular weight excluding hydrogens is 216 g/mol. The highest BCUT2D eigenvalue weighted by Crippen LogP contribution is 2.13. The zero-order valence-electron chi connectivity index (χ0n) is 11.1. The second-order valence-electron chi connectivity index (χ2n) is 5.30. The van der Waals surface area contributed by atoms with Crippen LogP contribution in [-0.4, -0.2) is 31.7 Å². The first-order valence-corrected chi connectivity index (χ1v) is 6.72. The highest BCUT2D eigenvalue weighted by Gasteiger charge is 2.20. The summed E-state index contributed by atoms with van der Waals surface area (Å²) in [7, 11) is 0. The fraction of sp³-hybridized carbons (Fsp3) is 0.923. The Labute approximate surface area is 104 Å².